The predicted octanol–water partition coefficient (Wildman–Crippen LogP) is 2.44. The summed E-state index contributed by atoms with van der Waals surface area (Å²) >= 11 is 0. The minimum absolute atomic E-state index is 0.237. The minimum atomic E-state index is 0.237. The van der Waals surface area contributed by atoms with Crippen LogP contribution in [0.3, 0.4) is 0 Å². The van der Waals surface area contributed by atoms with Crippen LogP contribution in [0.5, 0.6) is 0 Å². The Hall–Kier alpha value is -0.870. The molecule has 1 saturated carbocycles. The number of allylic oxidation sites excluding steroid dienone is 1. The number of hydrogen-bond donors (Lipinski definition) is 0. The number of carbonyl (C=O) groups is 1. The van der Waals surface area contributed by atoms with E-state index in [4.69, 9.17) is 4.74 Å². The van der Waals surface area contributed by atoms with E-state index in [0.29, 0.717) is 24.2 Å². The van der Waals surface area contributed by atoms with Crippen molar-refractivity contribution >= 4 is 5.91 Å². The maximum Gasteiger partial charge on any atom is 0.246 e. The van der Waals surface area contributed by atoms with Gasteiger partial charge < -0.3 is 9.64 Å². The zero-order valence-electron chi connectivity index (χ0n) is 14.3. The first kappa shape index (κ1) is 16.0. The molecule has 0 bridgehead atoms. The molecule has 4 heteroatoms. The summed E-state index contributed by atoms with van der Waals surface area (Å²) in [6.07, 6.45) is 7.31. The van der Waals surface area contributed by atoms with Crippen LogP contribution in [0.15, 0.2) is 11.6 Å². The van der Waals surface area contributed by atoms with Crippen molar-refractivity contribution in [1.82, 2.24) is 9.80 Å². The van der Waals surface area contributed by atoms with Gasteiger partial charge in [0.15, 0.2) is 0 Å². The smallest absolute Gasteiger partial charge is 0.246 e. The van der Waals surface area contributed by atoms with E-state index in [-0.39, 0.29) is 5.91 Å². The van der Waals surface area contributed by atoms with E-state index < -0.39 is 0 Å². The molecule has 0 spiro atoms. The van der Waals surface area contributed by atoms with Crippen molar-refractivity contribution in [1.29, 1.82) is 0 Å². The minimum Gasteiger partial charge on any atom is -0.373 e. The molecule has 0 N–H and O–H groups in total. The van der Waals surface area contributed by atoms with Gasteiger partial charge in [-0.05, 0) is 52.4 Å². The van der Waals surface area contributed by atoms with Crippen molar-refractivity contribution in [3.05, 3.63) is 11.6 Å². The Morgan fingerprint density at radius 1 is 1.18 bits per heavy atom. The molecule has 2 aliphatic heterocycles. The molecule has 3 aliphatic rings. The third-order valence-corrected chi connectivity index (χ3v) is 5.20. The van der Waals surface area contributed by atoms with Gasteiger partial charge in [0.25, 0.3) is 0 Å². The maximum absolute atomic E-state index is 12.6. The highest BCUT2D eigenvalue weighted by molar-refractivity contribution is 5.88. The van der Waals surface area contributed by atoms with Crippen LogP contribution in [0.4, 0.5) is 0 Å². The first-order valence-corrected chi connectivity index (χ1v) is 8.89. The topological polar surface area (TPSA) is 32.8 Å². The number of ether oxygens (including phenoxy) is 1. The summed E-state index contributed by atoms with van der Waals surface area (Å²) in [5.74, 6) is 0.923. The number of likely N-dealkylation sites (tertiary alicyclic amines) is 1. The molecule has 3 rings (SSSR count). The highest BCUT2D eigenvalue weighted by atomic mass is 16.5. The van der Waals surface area contributed by atoms with Gasteiger partial charge >= 0.3 is 0 Å². The second-order valence-corrected chi connectivity index (χ2v) is 7.47. The van der Waals surface area contributed by atoms with Crippen LogP contribution in [0, 0.1) is 5.92 Å². The van der Waals surface area contributed by atoms with Gasteiger partial charge in [0, 0.05) is 38.3 Å². The Bertz CT molecular complexity index is 434. The number of rotatable bonds is 4. The summed E-state index contributed by atoms with van der Waals surface area (Å²) in [4.78, 5) is 17.2. The summed E-state index contributed by atoms with van der Waals surface area (Å²) in [6, 6.07) is 0.383. The highest BCUT2D eigenvalue weighted by Crippen LogP contribution is 2.36. The van der Waals surface area contributed by atoms with Crippen molar-refractivity contribution in [2.75, 3.05) is 26.2 Å². The van der Waals surface area contributed by atoms with Gasteiger partial charge in [0.2, 0.25) is 5.91 Å². The lowest BCUT2D eigenvalue weighted by Crippen LogP contribution is -2.50. The van der Waals surface area contributed by atoms with Crippen LogP contribution in [0.1, 0.15) is 46.5 Å². The van der Waals surface area contributed by atoms with Crippen molar-refractivity contribution in [3.8, 4) is 0 Å². The number of morpholine rings is 1. The monoisotopic (exact) mass is 306 g/mol. The van der Waals surface area contributed by atoms with Gasteiger partial charge in [-0.3, -0.25) is 9.69 Å². The van der Waals surface area contributed by atoms with Gasteiger partial charge in [-0.1, -0.05) is 5.57 Å². The Labute approximate surface area is 134 Å². The quantitative estimate of drug-likeness (QED) is 0.748. The molecule has 3 unspecified atom stereocenters. The van der Waals surface area contributed by atoms with Crippen LogP contribution in [-0.2, 0) is 9.53 Å². The summed E-state index contributed by atoms with van der Waals surface area (Å²) in [5.41, 5.74) is 1.28. The first-order valence-electron chi connectivity index (χ1n) is 8.89. The van der Waals surface area contributed by atoms with Gasteiger partial charge in [-0.2, -0.15) is 0 Å². The maximum atomic E-state index is 12.6. The summed E-state index contributed by atoms with van der Waals surface area (Å²) in [7, 11) is 0. The molecular weight excluding hydrogens is 276 g/mol. The molecule has 0 aromatic rings. The lowest BCUT2D eigenvalue weighted by molar-refractivity contribution is -0.127. The molecule has 22 heavy (non-hydrogen) atoms. The van der Waals surface area contributed by atoms with Crippen molar-refractivity contribution in [2.24, 2.45) is 5.92 Å². The molecule has 2 heterocycles. The molecule has 3 atom stereocenters. The van der Waals surface area contributed by atoms with E-state index in [0.717, 1.165) is 39.0 Å². The molecule has 4 nitrogen and oxygen atoms in total. The normalized spacial score (nSPS) is 34.2. The second-order valence-electron chi connectivity index (χ2n) is 7.47. The first-order chi connectivity index (χ1) is 10.5. The zero-order chi connectivity index (χ0) is 15.7. The molecule has 0 aromatic carbocycles. The average molecular weight is 306 g/mol. The van der Waals surface area contributed by atoms with Crippen molar-refractivity contribution < 1.29 is 9.53 Å². The standard InChI is InChI=1S/C18H30N2O2/c1-13(16-6-7-16)9-18(21)20-8-4-5-17(20)12-19-10-14(2)22-15(3)11-19/h9,14-17H,4-8,10-12H2,1-3H3/b13-9+. The molecule has 0 aromatic heterocycles. The van der Waals surface area contributed by atoms with Gasteiger partial charge in [0.1, 0.15) is 0 Å². The molecule has 2 saturated heterocycles. The third-order valence-electron chi connectivity index (χ3n) is 5.20. The molecule has 1 amide bonds. The van der Waals surface area contributed by atoms with Crippen molar-refractivity contribution in [2.45, 2.75) is 64.7 Å². The number of amides is 1. The van der Waals surface area contributed by atoms with E-state index in [1.54, 1.807) is 0 Å². The number of carbonyl (C=O) groups excluding carboxylic acids is 1. The summed E-state index contributed by atoms with van der Waals surface area (Å²) in [5, 5.41) is 0. The predicted molar refractivity (Wildman–Crippen MR) is 87.7 cm³/mol. The fourth-order valence-corrected chi connectivity index (χ4v) is 3.98. The molecule has 0 radical (unpaired) electrons. The Kier molecular flexibility index (Phi) is 4.88. The van der Waals surface area contributed by atoms with E-state index in [1.807, 2.05) is 6.08 Å². The van der Waals surface area contributed by atoms with Crippen LogP contribution < -0.4 is 0 Å². The fraction of sp³-hybridized carbons (Fsp3) is 0.833. The average Bonchev–Trinajstić information content (AvgIpc) is 3.18. The molecule has 3 fully saturated rings. The Morgan fingerprint density at radius 3 is 2.50 bits per heavy atom. The number of hydrogen-bond acceptors (Lipinski definition) is 3. The van der Waals surface area contributed by atoms with E-state index >= 15 is 0 Å². The summed E-state index contributed by atoms with van der Waals surface area (Å²) < 4.78 is 5.81. The lowest BCUT2D eigenvalue weighted by atomic mass is 10.1. The molecular formula is C18H30N2O2. The lowest BCUT2D eigenvalue weighted by Gasteiger charge is -2.38. The van der Waals surface area contributed by atoms with Crippen LogP contribution in [0.2, 0.25) is 0 Å². The second kappa shape index (κ2) is 6.71. The van der Waals surface area contributed by atoms with E-state index in [9.17, 15) is 4.79 Å². The molecule has 1 aliphatic carbocycles. The Morgan fingerprint density at radius 2 is 1.86 bits per heavy atom. The van der Waals surface area contributed by atoms with Crippen LogP contribution in [-0.4, -0.2) is 60.1 Å². The Balaban J connectivity index is 1.58. The number of nitrogens with zero attached hydrogens (tertiary/aromatic N) is 2. The van der Waals surface area contributed by atoms with Gasteiger partial charge in [-0.15, -0.1) is 0 Å². The van der Waals surface area contributed by atoms with E-state index in [2.05, 4.69) is 30.6 Å². The summed E-state index contributed by atoms with van der Waals surface area (Å²) in [6.45, 7) is 10.3. The van der Waals surface area contributed by atoms with Crippen LogP contribution in [0.25, 0.3) is 0 Å². The van der Waals surface area contributed by atoms with Gasteiger partial charge in [-0.25, -0.2) is 0 Å². The van der Waals surface area contributed by atoms with Gasteiger partial charge in [0.05, 0.1) is 12.2 Å². The third kappa shape index (κ3) is 3.90. The van der Waals surface area contributed by atoms with Crippen LogP contribution >= 0.6 is 0 Å². The van der Waals surface area contributed by atoms with E-state index in [1.165, 1.54) is 18.4 Å². The largest absolute Gasteiger partial charge is 0.373 e. The zero-order valence-corrected chi connectivity index (χ0v) is 14.3. The SMILES string of the molecule is C/C(=C\C(=O)N1CCCC1CN1CC(C)OC(C)C1)C1CC1. The highest BCUT2D eigenvalue weighted by Gasteiger charge is 2.32. The van der Waals surface area contributed by atoms with Crippen molar-refractivity contribution in [3.63, 3.8) is 0 Å². The molecule has 124 valence electrons. The fourth-order valence-electron chi connectivity index (χ4n) is 3.98.